The quantitative estimate of drug-likeness (QED) is 0.784. The van der Waals surface area contributed by atoms with Crippen LogP contribution in [0, 0.1) is 0 Å². The van der Waals surface area contributed by atoms with E-state index in [2.05, 4.69) is 4.98 Å². The zero-order chi connectivity index (χ0) is 11.3. The monoisotopic (exact) mass is 210 g/mol. The summed E-state index contributed by atoms with van der Waals surface area (Å²) in [6.07, 6.45) is 1.38. The van der Waals surface area contributed by atoms with Crippen molar-refractivity contribution in [2.24, 2.45) is 0 Å². The molecule has 1 aromatic heterocycles. The molecule has 1 rings (SSSR count). The number of aliphatic hydroxyl groups excluding tert-OH is 1. The van der Waals surface area contributed by atoms with Gasteiger partial charge in [0.1, 0.15) is 0 Å². The van der Waals surface area contributed by atoms with Crippen LogP contribution in [0.4, 0.5) is 0 Å². The number of hydrogen-bond donors (Lipinski definition) is 1. The van der Waals surface area contributed by atoms with Crippen molar-refractivity contribution in [3.8, 4) is 5.88 Å². The number of aromatic nitrogens is 1. The number of likely N-dealkylation sites (N-methyl/N-ethyl adjacent to an activating group) is 1. The number of methoxy groups -OCH3 is 1. The Balaban J connectivity index is 2.63. The van der Waals surface area contributed by atoms with Crippen LogP contribution in [-0.4, -0.2) is 41.8 Å². The van der Waals surface area contributed by atoms with Gasteiger partial charge < -0.3 is 9.84 Å². The van der Waals surface area contributed by atoms with Gasteiger partial charge in [-0.25, -0.2) is 4.98 Å². The molecule has 15 heavy (non-hydrogen) atoms. The maximum atomic E-state index is 9.24. The van der Waals surface area contributed by atoms with Crippen molar-refractivity contribution in [1.29, 1.82) is 0 Å². The molecule has 1 unspecified atom stereocenters. The molecule has 0 amide bonds. The van der Waals surface area contributed by atoms with E-state index < -0.39 is 0 Å². The highest BCUT2D eigenvalue weighted by molar-refractivity contribution is 5.25. The minimum absolute atomic E-state index is 0.322. The van der Waals surface area contributed by atoms with Crippen LogP contribution >= 0.6 is 0 Å². The van der Waals surface area contributed by atoms with Crippen LogP contribution in [0.15, 0.2) is 18.3 Å². The lowest BCUT2D eigenvalue weighted by Crippen LogP contribution is -2.27. The van der Waals surface area contributed by atoms with Crippen molar-refractivity contribution >= 4 is 0 Å². The average Bonchev–Trinajstić information content (AvgIpc) is 2.17. The van der Waals surface area contributed by atoms with Gasteiger partial charge >= 0.3 is 0 Å². The largest absolute Gasteiger partial charge is 0.481 e. The average molecular weight is 210 g/mol. The molecule has 4 heteroatoms. The van der Waals surface area contributed by atoms with Gasteiger partial charge in [-0.15, -0.1) is 0 Å². The van der Waals surface area contributed by atoms with Crippen LogP contribution in [0.5, 0.6) is 5.88 Å². The summed E-state index contributed by atoms with van der Waals surface area (Å²) in [7, 11) is 3.57. The molecule has 1 N–H and O–H groups in total. The molecule has 0 aliphatic carbocycles. The number of pyridine rings is 1. The topological polar surface area (TPSA) is 45.6 Å². The molecule has 0 saturated heterocycles. The molecular formula is C11H18N2O2. The molecule has 0 fully saturated rings. The Hall–Kier alpha value is -1.13. The Bertz CT molecular complexity index is 302. The maximum Gasteiger partial charge on any atom is 0.217 e. The summed E-state index contributed by atoms with van der Waals surface area (Å²) < 4.78 is 5.15. The molecule has 1 heterocycles. The fourth-order valence-corrected chi connectivity index (χ4v) is 1.53. The summed E-state index contributed by atoms with van der Waals surface area (Å²) in [5, 5.41) is 9.24. The van der Waals surface area contributed by atoms with Crippen molar-refractivity contribution in [3.05, 3.63) is 23.9 Å². The van der Waals surface area contributed by atoms with E-state index in [0.717, 1.165) is 12.1 Å². The number of hydrogen-bond acceptors (Lipinski definition) is 4. The molecular weight excluding hydrogens is 192 g/mol. The number of nitrogens with zero attached hydrogens (tertiary/aromatic N) is 2. The Labute approximate surface area is 90.5 Å². The Kier molecular flexibility index (Phi) is 4.52. The lowest BCUT2D eigenvalue weighted by atomic mass is 10.2. The predicted molar refractivity (Wildman–Crippen MR) is 58.8 cm³/mol. The van der Waals surface area contributed by atoms with E-state index in [1.165, 1.54) is 0 Å². The molecule has 84 valence electrons. The first-order valence-electron chi connectivity index (χ1n) is 4.98. The highest BCUT2D eigenvalue weighted by Crippen LogP contribution is 2.15. The van der Waals surface area contributed by atoms with Crippen molar-refractivity contribution < 1.29 is 9.84 Å². The van der Waals surface area contributed by atoms with Gasteiger partial charge in [0.15, 0.2) is 0 Å². The highest BCUT2D eigenvalue weighted by Gasteiger charge is 2.08. The lowest BCUT2D eigenvalue weighted by Gasteiger charge is -2.19. The zero-order valence-corrected chi connectivity index (χ0v) is 9.47. The zero-order valence-electron chi connectivity index (χ0n) is 9.47. The van der Waals surface area contributed by atoms with Crippen molar-refractivity contribution in [2.45, 2.75) is 19.6 Å². The molecule has 0 bridgehead atoms. The number of rotatable bonds is 5. The van der Waals surface area contributed by atoms with Crippen molar-refractivity contribution in [3.63, 3.8) is 0 Å². The summed E-state index contributed by atoms with van der Waals surface area (Å²) in [5.74, 6) is 0.648. The van der Waals surface area contributed by atoms with Gasteiger partial charge in [0.25, 0.3) is 0 Å². The van der Waals surface area contributed by atoms with Gasteiger partial charge in [-0.2, -0.15) is 0 Å². The minimum atomic E-state index is -0.322. The van der Waals surface area contributed by atoms with Gasteiger partial charge in [-0.1, -0.05) is 6.07 Å². The third-order valence-electron chi connectivity index (χ3n) is 2.06. The third-order valence-corrected chi connectivity index (χ3v) is 2.06. The smallest absolute Gasteiger partial charge is 0.217 e. The summed E-state index contributed by atoms with van der Waals surface area (Å²) in [6, 6.07) is 3.86. The number of aliphatic hydroxyl groups is 1. The Morgan fingerprint density at radius 1 is 1.60 bits per heavy atom. The number of ether oxygens (including phenoxy) is 1. The van der Waals surface area contributed by atoms with Gasteiger partial charge in [0, 0.05) is 24.8 Å². The second kappa shape index (κ2) is 5.68. The van der Waals surface area contributed by atoms with Gasteiger partial charge in [-0.3, -0.25) is 4.90 Å². The van der Waals surface area contributed by atoms with E-state index in [-0.39, 0.29) is 6.10 Å². The molecule has 0 aliphatic heterocycles. The summed E-state index contributed by atoms with van der Waals surface area (Å²) in [6.45, 7) is 3.14. The summed E-state index contributed by atoms with van der Waals surface area (Å²) >= 11 is 0. The van der Waals surface area contributed by atoms with E-state index in [4.69, 9.17) is 4.74 Å². The molecule has 1 aromatic rings. The molecule has 0 spiro atoms. The normalized spacial score (nSPS) is 12.9. The third kappa shape index (κ3) is 3.85. The molecule has 4 nitrogen and oxygen atoms in total. The molecule has 0 aromatic carbocycles. The van der Waals surface area contributed by atoms with E-state index in [0.29, 0.717) is 12.4 Å². The van der Waals surface area contributed by atoms with Crippen LogP contribution in [0.25, 0.3) is 0 Å². The van der Waals surface area contributed by atoms with Crippen molar-refractivity contribution in [2.75, 3.05) is 20.7 Å². The molecule has 0 radical (unpaired) electrons. The molecule has 0 saturated carbocycles. The van der Waals surface area contributed by atoms with Gasteiger partial charge in [0.2, 0.25) is 5.88 Å². The first kappa shape index (κ1) is 11.9. The molecule has 1 atom stereocenters. The predicted octanol–water partition coefficient (Wildman–Crippen LogP) is 0.903. The second-order valence-corrected chi connectivity index (χ2v) is 3.72. The van der Waals surface area contributed by atoms with Gasteiger partial charge in [-0.05, 0) is 20.0 Å². The van der Waals surface area contributed by atoms with Crippen LogP contribution in [0.2, 0.25) is 0 Å². The summed E-state index contributed by atoms with van der Waals surface area (Å²) in [4.78, 5) is 6.15. The molecule has 0 aliphatic rings. The fraction of sp³-hybridized carbons (Fsp3) is 0.545. The Morgan fingerprint density at radius 3 is 2.93 bits per heavy atom. The highest BCUT2D eigenvalue weighted by atomic mass is 16.5. The van der Waals surface area contributed by atoms with E-state index >= 15 is 0 Å². The van der Waals surface area contributed by atoms with E-state index in [9.17, 15) is 5.11 Å². The van der Waals surface area contributed by atoms with E-state index in [1.807, 2.05) is 24.1 Å². The SMILES string of the molecule is COc1ncccc1CN(C)CC(C)O. The van der Waals surface area contributed by atoms with Crippen LogP contribution < -0.4 is 4.74 Å². The minimum Gasteiger partial charge on any atom is -0.481 e. The van der Waals surface area contributed by atoms with Crippen LogP contribution in [0.3, 0.4) is 0 Å². The lowest BCUT2D eigenvalue weighted by molar-refractivity contribution is 0.137. The van der Waals surface area contributed by atoms with Crippen LogP contribution in [0.1, 0.15) is 12.5 Å². The second-order valence-electron chi connectivity index (χ2n) is 3.72. The summed E-state index contributed by atoms with van der Waals surface area (Å²) in [5.41, 5.74) is 1.03. The standard InChI is InChI=1S/C11H18N2O2/c1-9(14)7-13(2)8-10-5-4-6-12-11(10)15-3/h4-6,9,14H,7-8H2,1-3H3. The first-order valence-corrected chi connectivity index (χ1v) is 4.98. The maximum absolute atomic E-state index is 9.24. The van der Waals surface area contributed by atoms with E-state index in [1.54, 1.807) is 20.2 Å². The fourth-order valence-electron chi connectivity index (χ4n) is 1.53. The Morgan fingerprint density at radius 2 is 2.33 bits per heavy atom. The van der Waals surface area contributed by atoms with Crippen molar-refractivity contribution in [1.82, 2.24) is 9.88 Å². The van der Waals surface area contributed by atoms with Gasteiger partial charge in [0.05, 0.1) is 13.2 Å². The van der Waals surface area contributed by atoms with Crippen LogP contribution in [-0.2, 0) is 6.54 Å². The first-order chi connectivity index (χ1) is 7.13.